The largest absolute Gasteiger partial charge is 0.493 e. The highest BCUT2D eigenvalue weighted by atomic mass is 16.5. The number of rotatable bonds is 4. The van der Waals surface area contributed by atoms with E-state index in [0.717, 1.165) is 12.8 Å². The summed E-state index contributed by atoms with van der Waals surface area (Å²) in [7, 11) is 0. The SMILES string of the molecule is CCOc1ccc(N)cc1C(=O)N[C@H]1CCC[C@H](C)C1. The van der Waals surface area contributed by atoms with Crippen LogP contribution in [0, 0.1) is 5.92 Å². The minimum absolute atomic E-state index is 0.0835. The number of anilines is 1. The summed E-state index contributed by atoms with van der Waals surface area (Å²) in [4.78, 5) is 12.4. The van der Waals surface area contributed by atoms with Gasteiger partial charge < -0.3 is 15.8 Å². The lowest BCUT2D eigenvalue weighted by Gasteiger charge is -2.27. The van der Waals surface area contributed by atoms with Gasteiger partial charge in [0.1, 0.15) is 5.75 Å². The number of hydrogen-bond donors (Lipinski definition) is 2. The Balaban J connectivity index is 2.09. The van der Waals surface area contributed by atoms with Crippen molar-refractivity contribution < 1.29 is 9.53 Å². The fraction of sp³-hybridized carbons (Fsp3) is 0.562. The molecule has 20 heavy (non-hydrogen) atoms. The molecule has 4 heteroatoms. The molecular weight excluding hydrogens is 252 g/mol. The summed E-state index contributed by atoms with van der Waals surface area (Å²) in [5.41, 5.74) is 6.89. The molecule has 2 atom stereocenters. The zero-order valence-electron chi connectivity index (χ0n) is 12.3. The van der Waals surface area contributed by atoms with Crippen LogP contribution in [0.2, 0.25) is 0 Å². The van der Waals surface area contributed by atoms with Crippen LogP contribution >= 0.6 is 0 Å². The van der Waals surface area contributed by atoms with Gasteiger partial charge in [-0.3, -0.25) is 4.79 Å². The third kappa shape index (κ3) is 3.65. The van der Waals surface area contributed by atoms with E-state index in [-0.39, 0.29) is 11.9 Å². The number of nitrogens with two attached hydrogens (primary N) is 1. The number of nitrogens with one attached hydrogen (secondary N) is 1. The molecule has 0 spiro atoms. The zero-order chi connectivity index (χ0) is 14.5. The van der Waals surface area contributed by atoms with Gasteiger partial charge in [-0.05, 0) is 43.9 Å². The van der Waals surface area contributed by atoms with Crippen molar-refractivity contribution in [1.82, 2.24) is 5.32 Å². The average Bonchev–Trinajstić information content (AvgIpc) is 2.41. The van der Waals surface area contributed by atoms with Crippen LogP contribution < -0.4 is 15.8 Å². The second-order valence-electron chi connectivity index (χ2n) is 5.63. The maximum atomic E-state index is 12.4. The summed E-state index contributed by atoms with van der Waals surface area (Å²) in [6, 6.07) is 5.47. The van der Waals surface area contributed by atoms with Gasteiger partial charge >= 0.3 is 0 Å². The molecule has 1 saturated carbocycles. The van der Waals surface area contributed by atoms with Crippen LogP contribution in [0.5, 0.6) is 5.75 Å². The molecule has 0 saturated heterocycles. The monoisotopic (exact) mass is 276 g/mol. The molecule has 2 rings (SSSR count). The molecule has 1 aromatic carbocycles. The number of nitrogen functional groups attached to an aromatic ring is 1. The normalized spacial score (nSPS) is 22.3. The predicted molar refractivity (Wildman–Crippen MR) is 80.9 cm³/mol. The lowest BCUT2D eigenvalue weighted by molar-refractivity contribution is 0.0917. The fourth-order valence-electron chi connectivity index (χ4n) is 2.83. The van der Waals surface area contributed by atoms with Crippen molar-refractivity contribution in [2.45, 2.75) is 45.6 Å². The van der Waals surface area contributed by atoms with Crippen LogP contribution in [0.4, 0.5) is 5.69 Å². The van der Waals surface area contributed by atoms with Gasteiger partial charge in [-0.1, -0.05) is 19.8 Å². The number of carbonyl (C=O) groups is 1. The van der Waals surface area contributed by atoms with E-state index in [2.05, 4.69) is 12.2 Å². The summed E-state index contributed by atoms with van der Waals surface area (Å²) < 4.78 is 5.51. The lowest BCUT2D eigenvalue weighted by Crippen LogP contribution is -2.38. The molecule has 3 N–H and O–H groups in total. The number of ether oxygens (including phenoxy) is 1. The van der Waals surface area contributed by atoms with Gasteiger partial charge in [0.05, 0.1) is 12.2 Å². The summed E-state index contributed by atoms with van der Waals surface area (Å²) in [6.45, 7) is 4.68. The maximum absolute atomic E-state index is 12.4. The van der Waals surface area contributed by atoms with Crippen molar-refractivity contribution in [3.63, 3.8) is 0 Å². The van der Waals surface area contributed by atoms with Crippen LogP contribution in [0.15, 0.2) is 18.2 Å². The number of benzene rings is 1. The minimum Gasteiger partial charge on any atom is -0.493 e. The van der Waals surface area contributed by atoms with E-state index in [1.165, 1.54) is 12.8 Å². The molecule has 1 aromatic rings. The smallest absolute Gasteiger partial charge is 0.255 e. The summed E-state index contributed by atoms with van der Waals surface area (Å²) in [5.74, 6) is 1.20. The molecule has 1 amide bonds. The van der Waals surface area contributed by atoms with Gasteiger partial charge in [-0.2, -0.15) is 0 Å². The Labute approximate surface area is 120 Å². The van der Waals surface area contributed by atoms with Crippen molar-refractivity contribution in [3.8, 4) is 5.75 Å². The van der Waals surface area contributed by atoms with Crippen LogP contribution in [0.25, 0.3) is 0 Å². The summed E-state index contributed by atoms with van der Waals surface area (Å²) >= 11 is 0. The number of amides is 1. The van der Waals surface area contributed by atoms with Crippen molar-refractivity contribution in [2.24, 2.45) is 5.92 Å². The molecule has 0 bridgehead atoms. The maximum Gasteiger partial charge on any atom is 0.255 e. The van der Waals surface area contributed by atoms with Crippen molar-refractivity contribution in [1.29, 1.82) is 0 Å². The highest BCUT2D eigenvalue weighted by Crippen LogP contribution is 2.25. The molecule has 1 fully saturated rings. The highest BCUT2D eigenvalue weighted by Gasteiger charge is 2.22. The molecule has 0 heterocycles. The Morgan fingerprint density at radius 1 is 1.45 bits per heavy atom. The number of hydrogen-bond acceptors (Lipinski definition) is 3. The van der Waals surface area contributed by atoms with Gasteiger partial charge in [-0.25, -0.2) is 0 Å². The molecular formula is C16H24N2O2. The van der Waals surface area contributed by atoms with Crippen LogP contribution in [-0.2, 0) is 0 Å². The molecule has 0 aliphatic heterocycles. The fourth-order valence-corrected chi connectivity index (χ4v) is 2.83. The van der Waals surface area contributed by atoms with E-state index in [1.54, 1.807) is 18.2 Å². The van der Waals surface area contributed by atoms with Gasteiger partial charge in [0, 0.05) is 11.7 Å². The first kappa shape index (κ1) is 14.7. The van der Waals surface area contributed by atoms with E-state index in [4.69, 9.17) is 10.5 Å². The Morgan fingerprint density at radius 3 is 2.95 bits per heavy atom. The highest BCUT2D eigenvalue weighted by molar-refractivity contribution is 5.98. The molecule has 4 nitrogen and oxygen atoms in total. The Morgan fingerprint density at radius 2 is 2.25 bits per heavy atom. The first-order valence-corrected chi connectivity index (χ1v) is 7.43. The predicted octanol–water partition coefficient (Wildman–Crippen LogP) is 2.98. The van der Waals surface area contributed by atoms with Crippen LogP contribution in [0.1, 0.15) is 49.9 Å². The average molecular weight is 276 g/mol. The van der Waals surface area contributed by atoms with E-state index in [9.17, 15) is 4.79 Å². The van der Waals surface area contributed by atoms with Gasteiger partial charge in [-0.15, -0.1) is 0 Å². The van der Waals surface area contributed by atoms with E-state index in [0.29, 0.717) is 29.5 Å². The molecule has 1 aliphatic rings. The van der Waals surface area contributed by atoms with Crippen molar-refractivity contribution in [2.75, 3.05) is 12.3 Å². The first-order valence-electron chi connectivity index (χ1n) is 7.43. The van der Waals surface area contributed by atoms with Crippen LogP contribution in [-0.4, -0.2) is 18.6 Å². The zero-order valence-corrected chi connectivity index (χ0v) is 12.3. The standard InChI is InChI=1S/C16H24N2O2/c1-3-20-15-8-7-12(17)10-14(15)16(19)18-13-6-4-5-11(2)9-13/h7-8,10-11,13H,3-6,9,17H2,1-2H3,(H,18,19)/t11-,13-/m0/s1. The summed E-state index contributed by atoms with van der Waals surface area (Å²) in [6.07, 6.45) is 4.55. The second kappa shape index (κ2) is 6.64. The quantitative estimate of drug-likeness (QED) is 0.831. The molecule has 110 valence electrons. The third-order valence-corrected chi connectivity index (χ3v) is 3.82. The Kier molecular flexibility index (Phi) is 4.88. The van der Waals surface area contributed by atoms with E-state index < -0.39 is 0 Å². The molecule has 0 radical (unpaired) electrons. The number of carbonyl (C=O) groups excluding carboxylic acids is 1. The van der Waals surface area contributed by atoms with Gasteiger partial charge in [0.15, 0.2) is 0 Å². The topological polar surface area (TPSA) is 64.3 Å². The van der Waals surface area contributed by atoms with Crippen molar-refractivity contribution >= 4 is 11.6 Å². The molecule has 0 unspecified atom stereocenters. The van der Waals surface area contributed by atoms with E-state index >= 15 is 0 Å². The second-order valence-corrected chi connectivity index (χ2v) is 5.63. The third-order valence-electron chi connectivity index (χ3n) is 3.82. The Bertz CT molecular complexity index is 474. The van der Waals surface area contributed by atoms with Crippen LogP contribution in [0.3, 0.4) is 0 Å². The van der Waals surface area contributed by atoms with E-state index in [1.807, 2.05) is 6.92 Å². The van der Waals surface area contributed by atoms with Gasteiger partial charge in [0.25, 0.3) is 5.91 Å². The molecule has 1 aliphatic carbocycles. The first-order chi connectivity index (χ1) is 9.60. The molecule has 0 aromatic heterocycles. The lowest BCUT2D eigenvalue weighted by atomic mass is 9.87. The van der Waals surface area contributed by atoms with Gasteiger partial charge in [0.2, 0.25) is 0 Å². The summed E-state index contributed by atoms with van der Waals surface area (Å²) in [5, 5.41) is 3.12. The Hall–Kier alpha value is -1.71. The minimum atomic E-state index is -0.0835. The van der Waals surface area contributed by atoms with Crippen molar-refractivity contribution in [3.05, 3.63) is 23.8 Å².